The maximum Gasteiger partial charge on any atom is 0.0969 e. The van der Waals surface area contributed by atoms with Crippen LogP contribution >= 0.6 is 0 Å². The molecular weight excluding hydrogens is 174 g/mol. The zero-order valence-electron chi connectivity index (χ0n) is 8.53. The molecule has 0 aromatic heterocycles. The van der Waals surface area contributed by atoms with Crippen LogP contribution in [0.3, 0.4) is 0 Å². The van der Waals surface area contributed by atoms with E-state index in [2.05, 4.69) is 0 Å². The van der Waals surface area contributed by atoms with Crippen LogP contribution in [0.4, 0.5) is 0 Å². The van der Waals surface area contributed by atoms with Crippen molar-refractivity contribution >= 4 is 0 Å². The van der Waals surface area contributed by atoms with Gasteiger partial charge in [-0.25, -0.2) is 0 Å². The first-order valence-electron chi connectivity index (χ1n) is 5.15. The molecule has 1 aromatic carbocycles. The lowest BCUT2D eigenvalue weighted by Crippen LogP contribution is -2.51. The highest BCUT2D eigenvalue weighted by Gasteiger charge is 2.40. The summed E-state index contributed by atoms with van der Waals surface area (Å²) in [4.78, 5) is 0. The highest BCUT2D eigenvalue weighted by molar-refractivity contribution is 5.26. The van der Waals surface area contributed by atoms with Crippen molar-refractivity contribution in [1.82, 2.24) is 0 Å². The molecule has 2 heteroatoms. The van der Waals surface area contributed by atoms with E-state index in [1.807, 2.05) is 31.2 Å². The first-order valence-corrected chi connectivity index (χ1v) is 5.15. The van der Waals surface area contributed by atoms with Gasteiger partial charge in [-0.2, -0.15) is 0 Å². The molecule has 2 rings (SSSR count). The zero-order valence-corrected chi connectivity index (χ0v) is 8.53. The second-order valence-corrected chi connectivity index (χ2v) is 4.40. The normalized spacial score (nSPS) is 21.4. The maximum absolute atomic E-state index is 10.1. The number of benzene rings is 1. The van der Waals surface area contributed by atoms with E-state index in [-0.39, 0.29) is 5.54 Å². The fourth-order valence-corrected chi connectivity index (χ4v) is 1.94. The van der Waals surface area contributed by atoms with Crippen LogP contribution in [0.5, 0.6) is 0 Å². The van der Waals surface area contributed by atoms with Gasteiger partial charge in [0.25, 0.3) is 0 Å². The van der Waals surface area contributed by atoms with Crippen molar-refractivity contribution in [3.05, 3.63) is 35.4 Å². The Hall–Kier alpha value is -0.860. The average molecular weight is 191 g/mol. The summed E-state index contributed by atoms with van der Waals surface area (Å²) in [6.07, 6.45) is 2.50. The van der Waals surface area contributed by atoms with E-state index in [0.717, 1.165) is 24.8 Å². The Morgan fingerprint density at radius 3 is 2.29 bits per heavy atom. The van der Waals surface area contributed by atoms with E-state index in [4.69, 9.17) is 5.73 Å². The molecule has 0 amide bonds. The van der Waals surface area contributed by atoms with E-state index in [9.17, 15) is 5.11 Å². The van der Waals surface area contributed by atoms with Crippen LogP contribution in [0.1, 0.15) is 36.5 Å². The Balaban J connectivity index is 2.18. The number of aryl methyl sites for hydroxylation is 1. The van der Waals surface area contributed by atoms with Gasteiger partial charge in [-0.1, -0.05) is 29.8 Å². The van der Waals surface area contributed by atoms with Crippen molar-refractivity contribution in [3.8, 4) is 0 Å². The summed E-state index contributed by atoms with van der Waals surface area (Å²) < 4.78 is 0. The third-order valence-corrected chi connectivity index (χ3v) is 3.22. The van der Waals surface area contributed by atoms with Gasteiger partial charge in [0.05, 0.1) is 6.10 Å². The smallest absolute Gasteiger partial charge is 0.0969 e. The molecule has 14 heavy (non-hydrogen) atoms. The highest BCUT2D eigenvalue weighted by atomic mass is 16.3. The fraction of sp³-hybridized carbons (Fsp3) is 0.500. The standard InChI is InChI=1S/C12H17NO/c1-9-3-5-10(6-4-9)11(14)12(13)7-2-8-12/h3-6,11,14H,2,7-8,13H2,1H3. The van der Waals surface area contributed by atoms with Crippen molar-refractivity contribution in [2.45, 2.75) is 37.8 Å². The SMILES string of the molecule is Cc1ccc(C(O)C2(N)CCC2)cc1. The summed E-state index contributed by atoms with van der Waals surface area (Å²) in [5.74, 6) is 0. The minimum Gasteiger partial charge on any atom is -0.386 e. The van der Waals surface area contributed by atoms with Crippen LogP contribution < -0.4 is 5.73 Å². The number of hydrogen-bond donors (Lipinski definition) is 2. The van der Waals surface area contributed by atoms with E-state index in [1.165, 1.54) is 5.56 Å². The van der Waals surface area contributed by atoms with Crippen molar-refractivity contribution in [1.29, 1.82) is 0 Å². The second kappa shape index (κ2) is 3.37. The molecule has 0 aliphatic heterocycles. The summed E-state index contributed by atoms with van der Waals surface area (Å²) in [5, 5.41) is 10.1. The molecule has 1 aliphatic carbocycles. The summed E-state index contributed by atoms with van der Waals surface area (Å²) in [6.45, 7) is 2.04. The molecule has 0 saturated heterocycles. The van der Waals surface area contributed by atoms with Crippen LogP contribution in [0.25, 0.3) is 0 Å². The third-order valence-electron chi connectivity index (χ3n) is 3.22. The van der Waals surface area contributed by atoms with E-state index >= 15 is 0 Å². The first kappa shape index (κ1) is 9.69. The Kier molecular flexibility index (Phi) is 2.33. The molecule has 3 N–H and O–H groups in total. The summed E-state index contributed by atoms with van der Waals surface area (Å²) in [6, 6.07) is 7.96. The highest BCUT2D eigenvalue weighted by Crippen LogP contribution is 2.39. The molecular formula is C12H17NO. The molecule has 1 saturated carbocycles. The Bertz CT molecular complexity index is 314. The maximum atomic E-state index is 10.1. The van der Waals surface area contributed by atoms with Crippen LogP contribution in [0.15, 0.2) is 24.3 Å². The Morgan fingerprint density at radius 1 is 1.29 bits per heavy atom. The van der Waals surface area contributed by atoms with E-state index in [0.29, 0.717) is 0 Å². The Morgan fingerprint density at radius 2 is 1.86 bits per heavy atom. The fourth-order valence-electron chi connectivity index (χ4n) is 1.94. The van der Waals surface area contributed by atoms with E-state index < -0.39 is 6.10 Å². The molecule has 0 radical (unpaired) electrons. The predicted molar refractivity (Wildman–Crippen MR) is 56.9 cm³/mol. The molecule has 1 atom stereocenters. The van der Waals surface area contributed by atoms with Gasteiger partial charge in [0.15, 0.2) is 0 Å². The van der Waals surface area contributed by atoms with Gasteiger partial charge in [-0.05, 0) is 31.7 Å². The van der Waals surface area contributed by atoms with Crippen molar-refractivity contribution in [2.75, 3.05) is 0 Å². The van der Waals surface area contributed by atoms with Gasteiger partial charge in [-0.3, -0.25) is 0 Å². The number of aliphatic hydroxyl groups excluding tert-OH is 1. The molecule has 76 valence electrons. The number of rotatable bonds is 2. The van der Waals surface area contributed by atoms with Crippen LogP contribution in [-0.4, -0.2) is 10.6 Å². The van der Waals surface area contributed by atoms with Crippen LogP contribution in [0.2, 0.25) is 0 Å². The van der Waals surface area contributed by atoms with Gasteiger partial charge < -0.3 is 10.8 Å². The summed E-state index contributed by atoms with van der Waals surface area (Å²) in [7, 11) is 0. The number of aliphatic hydroxyl groups is 1. The Labute approximate surface area is 84.7 Å². The number of hydrogen-bond acceptors (Lipinski definition) is 2. The van der Waals surface area contributed by atoms with E-state index in [1.54, 1.807) is 0 Å². The molecule has 0 bridgehead atoms. The molecule has 1 unspecified atom stereocenters. The lowest BCUT2D eigenvalue weighted by molar-refractivity contribution is 0.0337. The molecule has 1 fully saturated rings. The quantitative estimate of drug-likeness (QED) is 0.750. The van der Waals surface area contributed by atoms with Crippen LogP contribution in [0, 0.1) is 6.92 Å². The average Bonchev–Trinajstić information content (AvgIpc) is 2.14. The third kappa shape index (κ3) is 1.56. The summed E-state index contributed by atoms with van der Waals surface area (Å²) >= 11 is 0. The molecule has 2 nitrogen and oxygen atoms in total. The molecule has 1 aliphatic rings. The monoisotopic (exact) mass is 191 g/mol. The van der Waals surface area contributed by atoms with Crippen molar-refractivity contribution in [3.63, 3.8) is 0 Å². The van der Waals surface area contributed by atoms with Crippen LogP contribution in [-0.2, 0) is 0 Å². The van der Waals surface area contributed by atoms with Gasteiger partial charge in [0.1, 0.15) is 0 Å². The number of nitrogens with two attached hydrogens (primary N) is 1. The minimum absolute atomic E-state index is 0.366. The molecule has 0 spiro atoms. The lowest BCUT2D eigenvalue weighted by atomic mass is 9.71. The van der Waals surface area contributed by atoms with Gasteiger partial charge in [0.2, 0.25) is 0 Å². The lowest BCUT2D eigenvalue weighted by Gasteiger charge is -2.42. The minimum atomic E-state index is -0.503. The van der Waals surface area contributed by atoms with Crippen molar-refractivity contribution in [2.24, 2.45) is 5.73 Å². The zero-order chi connectivity index (χ0) is 10.2. The topological polar surface area (TPSA) is 46.2 Å². The molecule has 1 aromatic rings. The van der Waals surface area contributed by atoms with Gasteiger partial charge >= 0.3 is 0 Å². The van der Waals surface area contributed by atoms with Gasteiger partial charge in [0, 0.05) is 5.54 Å². The second-order valence-electron chi connectivity index (χ2n) is 4.40. The first-order chi connectivity index (χ1) is 6.62. The van der Waals surface area contributed by atoms with Crippen molar-refractivity contribution < 1.29 is 5.11 Å². The van der Waals surface area contributed by atoms with Gasteiger partial charge in [-0.15, -0.1) is 0 Å². The molecule has 0 heterocycles. The summed E-state index contributed by atoms with van der Waals surface area (Å²) in [5.41, 5.74) is 7.85. The predicted octanol–water partition coefficient (Wildman–Crippen LogP) is 1.91. The largest absolute Gasteiger partial charge is 0.386 e.